The summed E-state index contributed by atoms with van der Waals surface area (Å²) in [5.41, 5.74) is 2.38. The van der Waals surface area contributed by atoms with E-state index in [0.29, 0.717) is 6.61 Å². The van der Waals surface area contributed by atoms with Gasteiger partial charge >= 0.3 is 0 Å². The van der Waals surface area contributed by atoms with Gasteiger partial charge in [0.25, 0.3) is 5.91 Å². The van der Waals surface area contributed by atoms with Gasteiger partial charge in [-0.05, 0) is 6.92 Å². The molecule has 1 aromatic heterocycles. The Labute approximate surface area is 62.9 Å². The maximum absolute atomic E-state index is 10.9. The Morgan fingerprint density at radius 3 is 3.27 bits per heavy atom. The fourth-order valence-electron chi connectivity index (χ4n) is 0.501. The molecule has 0 bridgehead atoms. The van der Waals surface area contributed by atoms with Crippen LogP contribution < -0.4 is 5.48 Å². The maximum atomic E-state index is 10.9. The van der Waals surface area contributed by atoms with Crippen LogP contribution in [0.4, 0.5) is 0 Å². The monoisotopic (exact) mass is 156 g/mol. The molecule has 0 aromatic carbocycles. The Morgan fingerprint density at radius 2 is 2.73 bits per heavy atom. The van der Waals surface area contributed by atoms with Gasteiger partial charge in [0, 0.05) is 0 Å². The van der Waals surface area contributed by atoms with Crippen molar-refractivity contribution >= 4 is 5.91 Å². The Balaban J connectivity index is 2.43. The van der Waals surface area contributed by atoms with E-state index in [0.717, 1.165) is 0 Å². The van der Waals surface area contributed by atoms with E-state index in [2.05, 4.69) is 25.7 Å². The largest absolute Gasteiger partial charge is 0.296 e. The van der Waals surface area contributed by atoms with Gasteiger partial charge in [0.2, 0.25) is 0 Å². The number of aromatic nitrogens is 3. The molecule has 6 nitrogen and oxygen atoms in total. The quantitative estimate of drug-likeness (QED) is 0.577. The van der Waals surface area contributed by atoms with Crippen molar-refractivity contribution in [2.24, 2.45) is 0 Å². The smallest absolute Gasteiger partial charge is 0.274 e. The van der Waals surface area contributed by atoms with E-state index in [4.69, 9.17) is 0 Å². The van der Waals surface area contributed by atoms with Crippen LogP contribution in [0, 0.1) is 0 Å². The molecule has 0 fully saturated rings. The number of hydroxylamine groups is 1. The summed E-state index contributed by atoms with van der Waals surface area (Å²) in [6.45, 7) is 2.19. The highest BCUT2D eigenvalue weighted by molar-refractivity contribution is 5.90. The van der Waals surface area contributed by atoms with Crippen LogP contribution in [-0.4, -0.2) is 27.9 Å². The summed E-state index contributed by atoms with van der Waals surface area (Å²) < 4.78 is 0. The molecule has 1 aromatic rings. The number of nitrogens with one attached hydrogen (secondary N) is 2. The highest BCUT2D eigenvalue weighted by atomic mass is 16.6. The minimum atomic E-state index is -0.402. The molecule has 60 valence electrons. The molecule has 0 unspecified atom stereocenters. The first-order valence-corrected chi connectivity index (χ1v) is 3.12. The molecule has 0 aliphatic rings. The average molecular weight is 156 g/mol. The number of carbonyl (C=O) groups is 1. The van der Waals surface area contributed by atoms with Gasteiger partial charge in [-0.15, -0.1) is 0 Å². The fourth-order valence-corrected chi connectivity index (χ4v) is 0.501. The third kappa shape index (κ3) is 2.01. The van der Waals surface area contributed by atoms with Gasteiger partial charge in [0.1, 0.15) is 0 Å². The van der Waals surface area contributed by atoms with Crippen molar-refractivity contribution in [2.75, 3.05) is 6.61 Å². The number of rotatable bonds is 3. The molecule has 0 radical (unpaired) electrons. The lowest BCUT2D eigenvalue weighted by molar-refractivity contribution is 0.0360. The zero-order valence-corrected chi connectivity index (χ0v) is 6.00. The van der Waals surface area contributed by atoms with Crippen LogP contribution in [-0.2, 0) is 4.84 Å². The van der Waals surface area contributed by atoms with Crippen LogP contribution >= 0.6 is 0 Å². The molecular weight excluding hydrogens is 148 g/mol. The van der Waals surface area contributed by atoms with Gasteiger partial charge in [-0.2, -0.15) is 15.4 Å². The van der Waals surface area contributed by atoms with Gasteiger partial charge in [0.15, 0.2) is 5.69 Å². The standard InChI is InChI=1S/C5H8N4O2/c1-2-11-8-5(10)4-3-6-9-7-4/h3H,2H2,1H3,(H,8,10)(H,6,7,9). The van der Waals surface area contributed by atoms with Crippen LogP contribution in [0.15, 0.2) is 6.20 Å². The van der Waals surface area contributed by atoms with Crippen molar-refractivity contribution < 1.29 is 9.63 Å². The first kappa shape index (κ1) is 7.67. The van der Waals surface area contributed by atoms with Crippen molar-refractivity contribution in [2.45, 2.75) is 6.92 Å². The van der Waals surface area contributed by atoms with E-state index in [1.165, 1.54) is 6.20 Å². The SMILES string of the molecule is CCONC(=O)c1cn[nH]n1. The normalized spacial score (nSPS) is 9.55. The lowest BCUT2D eigenvalue weighted by atomic mass is 10.5. The number of nitrogens with zero attached hydrogens (tertiary/aromatic N) is 2. The van der Waals surface area contributed by atoms with Crippen molar-refractivity contribution in [3.8, 4) is 0 Å². The second-order valence-corrected chi connectivity index (χ2v) is 1.72. The van der Waals surface area contributed by atoms with E-state index in [1.54, 1.807) is 6.92 Å². The molecule has 0 saturated heterocycles. The number of hydrogen-bond acceptors (Lipinski definition) is 4. The molecule has 0 atom stereocenters. The molecule has 0 saturated carbocycles. The minimum absolute atomic E-state index is 0.207. The van der Waals surface area contributed by atoms with Gasteiger partial charge in [-0.3, -0.25) is 9.63 Å². The molecule has 6 heteroatoms. The second-order valence-electron chi connectivity index (χ2n) is 1.72. The van der Waals surface area contributed by atoms with Gasteiger partial charge in [-0.25, -0.2) is 5.48 Å². The summed E-state index contributed by atoms with van der Waals surface area (Å²) in [7, 11) is 0. The van der Waals surface area contributed by atoms with Crippen molar-refractivity contribution in [3.63, 3.8) is 0 Å². The van der Waals surface area contributed by atoms with Crippen LogP contribution in [0.3, 0.4) is 0 Å². The van der Waals surface area contributed by atoms with Crippen molar-refractivity contribution in [3.05, 3.63) is 11.9 Å². The average Bonchev–Trinajstić information content (AvgIpc) is 2.52. The zero-order chi connectivity index (χ0) is 8.10. The zero-order valence-electron chi connectivity index (χ0n) is 6.00. The molecule has 11 heavy (non-hydrogen) atoms. The first-order valence-electron chi connectivity index (χ1n) is 3.12. The van der Waals surface area contributed by atoms with E-state index < -0.39 is 5.91 Å². The van der Waals surface area contributed by atoms with E-state index in [-0.39, 0.29) is 5.69 Å². The lowest BCUT2D eigenvalue weighted by Gasteiger charge is -1.98. The maximum Gasteiger partial charge on any atom is 0.296 e. The minimum Gasteiger partial charge on any atom is -0.274 e. The predicted molar refractivity (Wildman–Crippen MR) is 35.5 cm³/mol. The number of hydrogen-bond donors (Lipinski definition) is 2. The molecule has 0 spiro atoms. The molecule has 0 aliphatic carbocycles. The second kappa shape index (κ2) is 3.67. The van der Waals surface area contributed by atoms with E-state index in [9.17, 15) is 4.79 Å². The topological polar surface area (TPSA) is 79.9 Å². The van der Waals surface area contributed by atoms with E-state index in [1.807, 2.05) is 0 Å². The van der Waals surface area contributed by atoms with Crippen LogP contribution in [0.2, 0.25) is 0 Å². The molecule has 1 heterocycles. The number of aromatic amines is 1. The number of H-pyrrole nitrogens is 1. The van der Waals surface area contributed by atoms with Gasteiger partial charge in [-0.1, -0.05) is 0 Å². The number of carbonyl (C=O) groups excluding carboxylic acids is 1. The predicted octanol–water partition coefficient (Wildman–Crippen LogP) is -0.514. The Bertz CT molecular complexity index is 220. The van der Waals surface area contributed by atoms with Gasteiger partial charge in [0.05, 0.1) is 12.8 Å². The van der Waals surface area contributed by atoms with Crippen LogP contribution in [0.25, 0.3) is 0 Å². The first-order chi connectivity index (χ1) is 5.34. The third-order valence-electron chi connectivity index (χ3n) is 0.957. The number of amides is 1. The summed E-state index contributed by atoms with van der Waals surface area (Å²) in [5, 5.41) is 9.31. The van der Waals surface area contributed by atoms with Crippen LogP contribution in [0.1, 0.15) is 17.4 Å². The molecule has 2 N–H and O–H groups in total. The molecule has 0 aliphatic heterocycles. The van der Waals surface area contributed by atoms with Crippen molar-refractivity contribution in [1.29, 1.82) is 0 Å². The summed E-state index contributed by atoms with van der Waals surface area (Å²) in [5.74, 6) is -0.402. The lowest BCUT2D eigenvalue weighted by Crippen LogP contribution is -2.23. The Hall–Kier alpha value is -1.43. The van der Waals surface area contributed by atoms with Gasteiger partial charge < -0.3 is 0 Å². The summed E-state index contributed by atoms with van der Waals surface area (Å²) >= 11 is 0. The van der Waals surface area contributed by atoms with Crippen molar-refractivity contribution in [1.82, 2.24) is 20.9 Å². The highest BCUT2D eigenvalue weighted by Crippen LogP contribution is 1.86. The molecule has 1 amide bonds. The third-order valence-corrected chi connectivity index (χ3v) is 0.957. The highest BCUT2D eigenvalue weighted by Gasteiger charge is 2.06. The Kier molecular flexibility index (Phi) is 2.56. The summed E-state index contributed by atoms with van der Waals surface area (Å²) in [6, 6.07) is 0. The molecule has 1 rings (SSSR count). The van der Waals surface area contributed by atoms with E-state index >= 15 is 0 Å². The summed E-state index contributed by atoms with van der Waals surface area (Å²) in [6.07, 6.45) is 1.31. The fraction of sp³-hybridized carbons (Fsp3) is 0.400. The molecular formula is C5H8N4O2. The summed E-state index contributed by atoms with van der Waals surface area (Å²) in [4.78, 5) is 15.5. The van der Waals surface area contributed by atoms with Crippen LogP contribution in [0.5, 0.6) is 0 Å². The Morgan fingerprint density at radius 1 is 1.91 bits per heavy atom.